The Balaban J connectivity index is 3.36. The molecule has 0 aliphatic carbocycles. The van der Waals surface area contributed by atoms with E-state index in [1.165, 1.54) is 14.0 Å². The number of hydrogen-bond acceptors (Lipinski definition) is 4. The Morgan fingerprint density at radius 3 is 2.31 bits per heavy atom. The second-order valence-electron chi connectivity index (χ2n) is 3.32. The van der Waals surface area contributed by atoms with Crippen LogP contribution in [0.5, 0.6) is 11.5 Å². The molecule has 0 radical (unpaired) electrons. The van der Waals surface area contributed by atoms with Crippen LogP contribution in [-0.2, 0) is 11.3 Å². The van der Waals surface area contributed by atoms with Gasteiger partial charge in [0.1, 0.15) is 11.5 Å². The molecule has 0 aliphatic heterocycles. The van der Waals surface area contributed by atoms with E-state index in [0.29, 0.717) is 23.7 Å². The van der Waals surface area contributed by atoms with Crippen LogP contribution in [-0.4, -0.2) is 27.1 Å². The molecule has 0 fully saturated rings. The molecule has 0 heterocycles. The van der Waals surface area contributed by atoms with E-state index in [0.717, 1.165) is 5.56 Å². The van der Waals surface area contributed by atoms with Crippen molar-refractivity contribution in [3.63, 3.8) is 0 Å². The Labute approximate surface area is 95.1 Å². The van der Waals surface area contributed by atoms with E-state index in [2.05, 4.69) is 0 Å². The molecule has 0 spiro atoms. The van der Waals surface area contributed by atoms with Gasteiger partial charge < -0.3 is 14.2 Å². The van der Waals surface area contributed by atoms with Crippen LogP contribution >= 0.6 is 0 Å². The summed E-state index contributed by atoms with van der Waals surface area (Å²) in [7, 11) is 4.68. The summed E-state index contributed by atoms with van der Waals surface area (Å²) in [6, 6.07) is 3.44. The second-order valence-corrected chi connectivity index (χ2v) is 3.32. The molecular formula is C12H16O4. The van der Waals surface area contributed by atoms with Gasteiger partial charge in [0.2, 0.25) is 0 Å². The molecule has 4 nitrogen and oxygen atoms in total. The molecule has 1 aromatic rings. The number of Topliss-reactive ketones (excluding diaryl/α,β-unsaturated/α-hetero) is 1. The summed E-state index contributed by atoms with van der Waals surface area (Å²) < 4.78 is 15.5. The fourth-order valence-corrected chi connectivity index (χ4v) is 1.59. The number of hydrogen-bond donors (Lipinski definition) is 0. The molecular weight excluding hydrogens is 208 g/mol. The largest absolute Gasteiger partial charge is 0.496 e. The topological polar surface area (TPSA) is 44.8 Å². The van der Waals surface area contributed by atoms with Crippen molar-refractivity contribution in [1.29, 1.82) is 0 Å². The summed E-state index contributed by atoms with van der Waals surface area (Å²) in [6.45, 7) is 1.84. The highest BCUT2D eigenvalue weighted by atomic mass is 16.5. The zero-order valence-corrected chi connectivity index (χ0v) is 9.99. The van der Waals surface area contributed by atoms with E-state index in [4.69, 9.17) is 14.2 Å². The molecule has 4 heteroatoms. The van der Waals surface area contributed by atoms with Crippen molar-refractivity contribution in [2.45, 2.75) is 13.5 Å². The number of rotatable bonds is 5. The first-order chi connectivity index (χ1) is 7.65. The lowest BCUT2D eigenvalue weighted by molar-refractivity contribution is 0.101. The third-order valence-corrected chi connectivity index (χ3v) is 2.31. The van der Waals surface area contributed by atoms with Gasteiger partial charge in [0.25, 0.3) is 0 Å². The number of benzene rings is 1. The van der Waals surface area contributed by atoms with Gasteiger partial charge in [-0.05, 0) is 19.1 Å². The lowest BCUT2D eigenvalue weighted by Gasteiger charge is -2.15. The molecule has 0 unspecified atom stereocenters. The van der Waals surface area contributed by atoms with E-state index in [1.54, 1.807) is 26.4 Å². The SMILES string of the molecule is COCc1c(OC)ccc(C(C)=O)c1OC. The molecule has 0 aliphatic rings. The number of ketones is 1. The smallest absolute Gasteiger partial charge is 0.163 e. The predicted molar refractivity (Wildman–Crippen MR) is 60.3 cm³/mol. The van der Waals surface area contributed by atoms with Crippen LogP contribution in [0, 0.1) is 0 Å². The fourth-order valence-electron chi connectivity index (χ4n) is 1.59. The average molecular weight is 224 g/mol. The zero-order chi connectivity index (χ0) is 12.1. The van der Waals surface area contributed by atoms with Gasteiger partial charge >= 0.3 is 0 Å². The molecule has 88 valence electrons. The van der Waals surface area contributed by atoms with E-state index in [-0.39, 0.29) is 5.78 Å². The average Bonchev–Trinajstić information content (AvgIpc) is 2.28. The van der Waals surface area contributed by atoms with Crippen molar-refractivity contribution >= 4 is 5.78 Å². The Kier molecular flexibility index (Phi) is 4.31. The molecule has 1 aromatic carbocycles. The zero-order valence-electron chi connectivity index (χ0n) is 9.99. The third-order valence-electron chi connectivity index (χ3n) is 2.31. The van der Waals surface area contributed by atoms with E-state index in [9.17, 15) is 4.79 Å². The maximum absolute atomic E-state index is 11.4. The number of ether oxygens (including phenoxy) is 3. The highest BCUT2D eigenvalue weighted by molar-refractivity contribution is 5.97. The van der Waals surface area contributed by atoms with Crippen molar-refractivity contribution in [2.24, 2.45) is 0 Å². The fraction of sp³-hybridized carbons (Fsp3) is 0.417. The monoisotopic (exact) mass is 224 g/mol. The minimum absolute atomic E-state index is 0.0446. The maximum atomic E-state index is 11.4. The van der Waals surface area contributed by atoms with Crippen molar-refractivity contribution in [1.82, 2.24) is 0 Å². The molecule has 16 heavy (non-hydrogen) atoms. The first kappa shape index (κ1) is 12.5. The van der Waals surface area contributed by atoms with Gasteiger partial charge in [-0.15, -0.1) is 0 Å². The summed E-state index contributed by atoms with van der Waals surface area (Å²) in [5, 5.41) is 0. The van der Waals surface area contributed by atoms with Crippen LogP contribution < -0.4 is 9.47 Å². The minimum atomic E-state index is -0.0446. The Bertz CT molecular complexity index is 385. The summed E-state index contributed by atoms with van der Waals surface area (Å²) in [6.07, 6.45) is 0. The third kappa shape index (κ3) is 2.33. The quantitative estimate of drug-likeness (QED) is 0.718. The number of methoxy groups -OCH3 is 3. The van der Waals surface area contributed by atoms with Gasteiger partial charge in [-0.3, -0.25) is 4.79 Å². The molecule has 1 rings (SSSR count). The Hall–Kier alpha value is -1.55. The maximum Gasteiger partial charge on any atom is 0.163 e. The molecule has 0 N–H and O–H groups in total. The Morgan fingerprint density at radius 1 is 1.19 bits per heavy atom. The van der Waals surface area contributed by atoms with Crippen LogP contribution in [0.2, 0.25) is 0 Å². The summed E-state index contributed by atoms with van der Waals surface area (Å²) >= 11 is 0. The van der Waals surface area contributed by atoms with Crippen LogP contribution in [0.15, 0.2) is 12.1 Å². The summed E-state index contributed by atoms with van der Waals surface area (Å²) in [5.74, 6) is 1.13. The van der Waals surface area contributed by atoms with Crippen LogP contribution in [0.3, 0.4) is 0 Å². The van der Waals surface area contributed by atoms with Gasteiger partial charge in [-0.2, -0.15) is 0 Å². The lowest BCUT2D eigenvalue weighted by Crippen LogP contribution is -2.04. The molecule has 0 saturated heterocycles. The molecule has 0 amide bonds. The first-order valence-electron chi connectivity index (χ1n) is 4.89. The molecule has 0 bridgehead atoms. The first-order valence-corrected chi connectivity index (χ1v) is 4.89. The number of carbonyl (C=O) groups excluding carboxylic acids is 1. The minimum Gasteiger partial charge on any atom is -0.496 e. The van der Waals surface area contributed by atoms with Gasteiger partial charge in [0.15, 0.2) is 5.78 Å². The summed E-state index contributed by atoms with van der Waals surface area (Å²) in [4.78, 5) is 11.4. The van der Waals surface area contributed by atoms with Gasteiger partial charge in [-0.25, -0.2) is 0 Å². The van der Waals surface area contributed by atoms with Crippen molar-refractivity contribution in [3.8, 4) is 11.5 Å². The standard InChI is InChI=1S/C12H16O4/c1-8(13)9-5-6-11(15-3)10(7-14-2)12(9)16-4/h5-6H,7H2,1-4H3. The van der Waals surface area contributed by atoms with E-state index < -0.39 is 0 Å². The molecule has 0 atom stereocenters. The van der Waals surface area contributed by atoms with Crippen LogP contribution in [0.25, 0.3) is 0 Å². The van der Waals surface area contributed by atoms with Crippen LogP contribution in [0.1, 0.15) is 22.8 Å². The lowest BCUT2D eigenvalue weighted by atomic mass is 10.1. The molecule has 0 aromatic heterocycles. The Morgan fingerprint density at radius 2 is 1.88 bits per heavy atom. The van der Waals surface area contributed by atoms with Crippen LogP contribution in [0.4, 0.5) is 0 Å². The van der Waals surface area contributed by atoms with Crippen molar-refractivity contribution in [2.75, 3.05) is 21.3 Å². The van der Waals surface area contributed by atoms with Gasteiger partial charge in [0.05, 0.1) is 32.0 Å². The normalized spacial score (nSPS) is 10.0. The van der Waals surface area contributed by atoms with Gasteiger partial charge in [0, 0.05) is 7.11 Å². The highest BCUT2D eigenvalue weighted by Crippen LogP contribution is 2.32. The predicted octanol–water partition coefficient (Wildman–Crippen LogP) is 2.05. The highest BCUT2D eigenvalue weighted by Gasteiger charge is 2.17. The summed E-state index contributed by atoms with van der Waals surface area (Å²) in [5.41, 5.74) is 1.29. The molecule has 0 saturated carbocycles. The second kappa shape index (κ2) is 5.51. The number of carbonyl (C=O) groups is 1. The van der Waals surface area contributed by atoms with E-state index in [1.807, 2.05) is 0 Å². The van der Waals surface area contributed by atoms with Crippen molar-refractivity contribution < 1.29 is 19.0 Å². The van der Waals surface area contributed by atoms with E-state index >= 15 is 0 Å². The van der Waals surface area contributed by atoms with Crippen molar-refractivity contribution in [3.05, 3.63) is 23.3 Å². The van der Waals surface area contributed by atoms with Gasteiger partial charge in [-0.1, -0.05) is 0 Å².